The molecule has 0 saturated heterocycles. The minimum absolute atomic E-state index is 0.232. The van der Waals surface area contributed by atoms with Crippen LogP contribution in [0.5, 0.6) is 0 Å². The predicted octanol–water partition coefficient (Wildman–Crippen LogP) is 7.85. The quantitative estimate of drug-likeness (QED) is 0.134. The van der Waals surface area contributed by atoms with Crippen LogP contribution in [0.1, 0.15) is 85.5 Å². The van der Waals surface area contributed by atoms with Crippen LogP contribution in [0.25, 0.3) is 0 Å². The molecule has 0 saturated carbocycles. The molecule has 0 atom stereocenters. The van der Waals surface area contributed by atoms with Gasteiger partial charge in [0.1, 0.15) is 0 Å². The van der Waals surface area contributed by atoms with Crippen LogP contribution in [0.15, 0.2) is 60.9 Å². The fourth-order valence-corrected chi connectivity index (χ4v) is 2.28. The van der Waals surface area contributed by atoms with Gasteiger partial charge in [-0.15, -0.1) is 0 Å². The average Bonchev–Trinajstić information content (AvgIpc) is 2.62. The maximum atomic E-state index is 11.5. The van der Waals surface area contributed by atoms with Crippen molar-refractivity contribution in [3.8, 4) is 0 Å². The molecule has 2 heteroatoms. The molecule has 0 unspecified atom stereocenters. The summed E-state index contributed by atoms with van der Waals surface area (Å²) in [5.41, 5.74) is -0.472. The number of hydrogen-bond acceptors (Lipinski definition) is 2. The van der Waals surface area contributed by atoms with Crippen molar-refractivity contribution >= 4 is 5.97 Å². The van der Waals surface area contributed by atoms with E-state index < -0.39 is 5.41 Å². The molecule has 0 spiro atoms. The minimum atomic E-state index is -0.472. The molecule has 0 N–H and O–H groups in total. The monoisotopic (exact) mass is 372 g/mol. The fraction of sp³-hybridized carbons (Fsp3) is 0.560. The topological polar surface area (TPSA) is 26.3 Å². The Balaban J connectivity index is 3.64. The number of esters is 1. The molecule has 0 fully saturated rings. The van der Waals surface area contributed by atoms with Gasteiger partial charge in [-0.25, -0.2) is 0 Å². The maximum Gasteiger partial charge on any atom is 0.316 e. The van der Waals surface area contributed by atoms with E-state index in [9.17, 15) is 4.79 Å². The summed E-state index contributed by atoms with van der Waals surface area (Å²) in [7, 11) is 0. The molecule has 0 bridgehead atoms. The zero-order valence-electron chi connectivity index (χ0n) is 18.0. The molecule has 0 aliphatic rings. The van der Waals surface area contributed by atoms with E-state index in [1.165, 1.54) is 64.0 Å². The van der Waals surface area contributed by atoms with Crippen LogP contribution in [0, 0.1) is 5.41 Å². The molecule has 0 aromatic carbocycles. The van der Waals surface area contributed by atoms with E-state index in [0.717, 1.165) is 0 Å². The van der Waals surface area contributed by atoms with Gasteiger partial charge in [0.25, 0.3) is 0 Å². The lowest BCUT2D eigenvalue weighted by Crippen LogP contribution is -2.20. The highest BCUT2D eigenvalue weighted by molar-refractivity contribution is 5.75. The van der Waals surface area contributed by atoms with Gasteiger partial charge in [0.05, 0.1) is 11.7 Å². The summed E-state index contributed by atoms with van der Waals surface area (Å²) in [4.78, 5) is 11.5. The molecule has 152 valence electrons. The first-order valence-corrected chi connectivity index (χ1v) is 10.5. The van der Waals surface area contributed by atoms with E-state index in [2.05, 4.69) is 25.2 Å². The zero-order valence-corrected chi connectivity index (χ0v) is 18.0. The third-order valence-corrected chi connectivity index (χ3v) is 4.00. The van der Waals surface area contributed by atoms with Gasteiger partial charge in [-0.1, -0.05) is 100 Å². The van der Waals surface area contributed by atoms with E-state index in [1.54, 1.807) is 6.08 Å². The first kappa shape index (κ1) is 25.2. The minimum Gasteiger partial charge on any atom is -0.434 e. The molecule has 0 aromatic rings. The summed E-state index contributed by atoms with van der Waals surface area (Å²) in [5, 5.41) is 0. The van der Waals surface area contributed by atoms with Gasteiger partial charge in [0.15, 0.2) is 0 Å². The van der Waals surface area contributed by atoms with Crippen molar-refractivity contribution in [1.82, 2.24) is 0 Å². The van der Waals surface area contributed by atoms with Gasteiger partial charge in [-0.2, -0.15) is 0 Å². The Bertz CT molecular complexity index is 499. The molecule has 0 amide bonds. The second kappa shape index (κ2) is 17.6. The lowest BCUT2D eigenvalue weighted by Gasteiger charge is -2.13. The third-order valence-electron chi connectivity index (χ3n) is 4.00. The SMILES string of the molecule is CCCCCCCCCCC=C/C=C\C=C/C=CC=COC(=O)C(C)(C)C. The Hall–Kier alpha value is -1.83. The molecular weight excluding hydrogens is 332 g/mol. The maximum absolute atomic E-state index is 11.5. The molecule has 0 aromatic heterocycles. The van der Waals surface area contributed by atoms with Crippen molar-refractivity contribution < 1.29 is 9.53 Å². The molecule has 0 heterocycles. The summed E-state index contributed by atoms with van der Waals surface area (Å²) >= 11 is 0. The predicted molar refractivity (Wildman–Crippen MR) is 118 cm³/mol. The largest absolute Gasteiger partial charge is 0.434 e. The molecule has 2 nitrogen and oxygen atoms in total. The first-order valence-electron chi connectivity index (χ1n) is 10.5. The second-order valence-corrected chi connectivity index (χ2v) is 7.83. The Morgan fingerprint density at radius 3 is 1.74 bits per heavy atom. The van der Waals surface area contributed by atoms with Crippen LogP contribution in [-0.4, -0.2) is 5.97 Å². The molecule has 27 heavy (non-hydrogen) atoms. The van der Waals surface area contributed by atoms with Crippen LogP contribution in [0.2, 0.25) is 0 Å². The normalized spacial score (nSPS) is 13.2. The smallest absolute Gasteiger partial charge is 0.316 e. The van der Waals surface area contributed by atoms with Crippen molar-refractivity contribution in [2.45, 2.75) is 85.5 Å². The number of carbonyl (C=O) groups excluding carboxylic acids is 1. The average molecular weight is 373 g/mol. The zero-order chi connectivity index (χ0) is 20.2. The van der Waals surface area contributed by atoms with Gasteiger partial charge in [0.2, 0.25) is 0 Å². The Morgan fingerprint density at radius 1 is 0.704 bits per heavy atom. The standard InChI is InChI=1S/C25H40O2/c1-5-6-7-8-9-10-11-12-13-14-15-16-17-18-19-20-21-22-23-27-24(26)25(2,3)4/h14-23H,5-13H2,1-4H3/b15-14?,17-16-,19-18-,21-20?,23-22?. The summed E-state index contributed by atoms with van der Waals surface area (Å²) < 4.78 is 5.02. The van der Waals surface area contributed by atoms with Crippen molar-refractivity contribution in [2.24, 2.45) is 5.41 Å². The number of carbonyl (C=O) groups is 1. The van der Waals surface area contributed by atoms with Crippen molar-refractivity contribution in [3.63, 3.8) is 0 Å². The number of allylic oxidation sites excluding steroid dienone is 9. The first-order chi connectivity index (χ1) is 13.0. The molecule has 0 radical (unpaired) electrons. The molecule has 0 aliphatic heterocycles. The molecule has 0 aliphatic carbocycles. The van der Waals surface area contributed by atoms with Crippen molar-refractivity contribution in [1.29, 1.82) is 0 Å². The van der Waals surface area contributed by atoms with Crippen LogP contribution in [0.4, 0.5) is 0 Å². The highest BCUT2D eigenvalue weighted by atomic mass is 16.5. The van der Waals surface area contributed by atoms with Gasteiger partial charge in [-0.05, 0) is 39.7 Å². The van der Waals surface area contributed by atoms with E-state index in [4.69, 9.17) is 4.74 Å². The second-order valence-electron chi connectivity index (χ2n) is 7.83. The van der Waals surface area contributed by atoms with Crippen LogP contribution in [-0.2, 0) is 9.53 Å². The van der Waals surface area contributed by atoms with Gasteiger partial charge in [-0.3, -0.25) is 4.79 Å². The summed E-state index contributed by atoms with van der Waals surface area (Å²) in [6.45, 7) is 7.76. The number of hydrogen-bond donors (Lipinski definition) is 0. The van der Waals surface area contributed by atoms with Crippen LogP contribution >= 0.6 is 0 Å². The number of ether oxygens (including phenoxy) is 1. The Morgan fingerprint density at radius 2 is 1.19 bits per heavy atom. The van der Waals surface area contributed by atoms with Gasteiger partial charge < -0.3 is 4.74 Å². The number of rotatable bonds is 14. The van der Waals surface area contributed by atoms with E-state index in [0.29, 0.717) is 0 Å². The molecular formula is C25H40O2. The van der Waals surface area contributed by atoms with Crippen LogP contribution < -0.4 is 0 Å². The fourth-order valence-electron chi connectivity index (χ4n) is 2.28. The van der Waals surface area contributed by atoms with E-state index in [-0.39, 0.29) is 5.97 Å². The van der Waals surface area contributed by atoms with E-state index in [1.807, 2.05) is 51.2 Å². The Labute approximate surface area is 167 Å². The Kier molecular flexibility index (Phi) is 16.4. The summed E-state index contributed by atoms with van der Waals surface area (Å²) in [6.07, 6.45) is 31.3. The lowest BCUT2D eigenvalue weighted by molar-refractivity contribution is -0.146. The third kappa shape index (κ3) is 18.8. The van der Waals surface area contributed by atoms with Gasteiger partial charge >= 0.3 is 5.97 Å². The van der Waals surface area contributed by atoms with Gasteiger partial charge in [0, 0.05) is 0 Å². The lowest BCUT2D eigenvalue weighted by atomic mass is 9.98. The highest BCUT2D eigenvalue weighted by Gasteiger charge is 2.21. The molecule has 0 rings (SSSR count). The highest BCUT2D eigenvalue weighted by Crippen LogP contribution is 2.15. The summed E-state index contributed by atoms with van der Waals surface area (Å²) in [6, 6.07) is 0. The van der Waals surface area contributed by atoms with Crippen molar-refractivity contribution in [3.05, 3.63) is 60.9 Å². The van der Waals surface area contributed by atoms with Crippen molar-refractivity contribution in [2.75, 3.05) is 0 Å². The van der Waals surface area contributed by atoms with E-state index >= 15 is 0 Å². The summed E-state index contributed by atoms with van der Waals surface area (Å²) in [5.74, 6) is -0.232. The van der Waals surface area contributed by atoms with Crippen LogP contribution in [0.3, 0.4) is 0 Å². The number of unbranched alkanes of at least 4 members (excludes halogenated alkanes) is 8.